The Morgan fingerprint density at radius 1 is 1.33 bits per heavy atom. The highest BCUT2D eigenvalue weighted by molar-refractivity contribution is 5.82. The SMILES string of the molecule is COc1ccc(OC(F)F)c(CNC2=NCC3CN(C(=O)OC(C)(C)C)CCN23)c1. The standard InChI is InChI=1S/C20H28F2N4O4/c1-20(2,3)30-19(27)25-7-8-26-14(12-25)11-24-18(26)23-10-13-9-15(28-4)5-6-16(13)29-17(21)22/h5-6,9,14,17H,7-8,10-12H2,1-4H3,(H,23,24). The molecule has 0 bridgehead atoms. The molecule has 10 heteroatoms. The molecule has 30 heavy (non-hydrogen) atoms. The van der Waals surface area contributed by atoms with Gasteiger partial charge in [0.1, 0.15) is 17.1 Å². The fraction of sp³-hybridized carbons (Fsp3) is 0.600. The van der Waals surface area contributed by atoms with Crippen molar-refractivity contribution >= 4 is 12.1 Å². The van der Waals surface area contributed by atoms with E-state index in [2.05, 4.69) is 19.9 Å². The Labute approximate surface area is 174 Å². The van der Waals surface area contributed by atoms with Crippen molar-refractivity contribution < 1.29 is 27.8 Å². The van der Waals surface area contributed by atoms with Gasteiger partial charge in [0, 0.05) is 31.7 Å². The summed E-state index contributed by atoms with van der Waals surface area (Å²) in [4.78, 5) is 20.6. The summed E-state index contributed by atoms with van der Waals surface area (Å²) in [5, 5.41) is 3.21. The lowest BCUT2D eigenvalue weighted by Crippen LogP contribution is -2.57. The molecule has 0 spiro atoms. The number of ether oxygens (including phenoxy) is 3. The van der Waals surface area contributed by atoms with Crippen LogP contribution in [0.2, 0.25) is 0 Å². The number of benzene rings is 1. The number of nitrogens with zero attached hydrogens (tertiary/aromatic N) is 3. The third-order valence-electron chi connectivity index (χ3n) is 4.78. The van der Waals surface area contributed by atoms with E-state index >= 15 is 0 Å². The van der Waals surface area contributed by atoms with Crippen LogP contribution in [0.25, 0.3) is 0 Å². The van der Waals surface area contributed by atoms with Crippen LogP contribution in [0.1, 0.15) is 26.3 Å². The Bertz CT molecular complexity index is 798. The average Bonchev–Trinajstić information content (AvgIpc) is 3.07. The maximum Gasteiger partial charge on any atom is 0.410 e. The fourth-order valence-corrected chi connectivity index (χ4v) is 3.43. The molecular formula is C20H28F2N4O4. The molecule has 1 amide bonds. The Morgan fingerprint density at radius 3 is 2.77 bits per heavy atom. The third-order valence-corrected chi connectivity index (χ3v) is 4.78. The van der Waals surface area contributed by atoms with Crippen molar-refractivity contribution in [3.63, 3.8) is 0 Å². The second-order valence-corrected chi connectivity index (χ2v) is 8.14. The molecule has 1 saturated heterocycles. The van der Waals surface area contributed by atoms with Crippen molar-refractivity contribution in [3.8, 4) is 11.5 Å². The van der Waals surface area contributed by atoms with E-state index in [1.54, 1.807) is 17.0 Å². The summed E-state index contributed by atoms with van der Waals surface area (Å²) in [7, 11) is 1.51. The second-order valence-electron chi connectivity index (χ2n) is 8.14. The van der Waals surface area contributed by atoms with E-state index < -0.39 is 12.2 Å². The lowest BCUT2D eigenvalue weighted by Gasteiger charge is -2.39. The summed E-state index contributed by atoms with van der Waals surface area (Å²) < 4.78 is 40.6. The predicted molar refractivity (Wildman–Crippen MR) is 107 cm³/mol. The van der Waals surface area contributed by atoms with Crippen LogP contribution < -0.4 is 14.8 Å². The van der Waals surface area contributed by atoms with Gasteiger partial charge in [-0.05, 0) is 39.0 Å². The average molecular weight is 426 g/mol. The zero-order valence-electron chi connectivity index (χ0n) is 17.7. The molecule has 166 valence electrons. The lowest BCUT2D eigenvalue weighted by atomic mass is 10.2. The first kappa shape index (κ1) is 21.9. The molecule has 1 atom stereocenters. The van der Waals surface area contributed by atoms with Gasteiger partial charge in [-0.2, -0.15) is 8.78 Å². The molecule has 2 aliphatic rings. The first-order valence-electron chi connectivity index (χ1n) is 9.81. The zero-order chi connectivity index (χ0) is 21.9. The van der Waals surface area contributed by atoms with E-state index in [4.69, 9.17) is 9.47 Å². The van der Waals surface area contributed by atoms with Crippen molar-refractivity contribution in [2.45, 2.75) is 45.6 Å². The topological polar surface area (TPSA) is 75.6 Å². The number of piperazine rings is 1. The van der Waals surface area contributed by atoms with E-state index in [0.29, 0.717) is 43.5 Å². The molecule has 1 unspecified atom stereocenters. The summed E-state index contributed by atoms with van der Waals surface area (Å²) >= 11 is 0. The van der Waals surface area contributed by atoms with Gasteiger partial charge in [-0.3, -0.25) is 4.99 Å². The van der Waals surface area contributed by atoms with Crippen molar-refractivity contribution in [3.05, 3.63) is 23.8 Å². The Hall–Kier alpha value is -2.78. The summed E-state index contributed by atoms with van der Waals surface area (Å²) in [6, 6.07) is 4.73. The number of amides is 1. The quantitative estimate of drug-likeness (QED) is 0.780. The fourth-order valence-electron chi connectivity index (χ4n) is 3.43. The van der Waals surface area contributed by atoms with Gasteiger partial charge in [-0.25, -0.2) is 4.79 Å². The smallest absolute Gasteiger partial charge is 0.410 e. The Kier molecular flexibility index (Phi) is 6.52. The molecule has 0 aromatic heterocycles. The highest BCUT2D eigenvalue weighted by Gasteiger charge is 2.36. The van der Waals surface area contributed by atoms with E-state index in [0.717, 1.165) is 0 Å². The number of carbonyl (C=O) groups is 1. The van der Waals surface area contributed by atoms with Gasteiger partial charge in [0.25, 0.3) is 0 Å². The number of halogens is 2. The van der Waals surface area contributed by atoms with E-state index in [1.165, 1.54) is 13.2 Å². The minimum Gasteiger partial charge on any atom is -0.497 e. The van der Waals surface area contributed by atoms with Crippen molar-refractivity contribution in [1.29, 1.82) is 0 Å². The number of hydrogen-bond donors (Lipinski definition) is 1. The molecule has 3 rings (SSSR count). The molecule has 2 aliphatic heterocycles. The normalized spacial score (nSPS) is 18.8. The van der Waals surface area contributed by atoms with Gasteiger partial charge in [-0.1, -0.05) is 0 Å². The summed E-state index contributed by atoms with van der Waals surface area (Å²) in [6.07, 6.45) is -0.325. The van der Waals surface area contributed by atoms with Gasteiger partial charge in [-0.15, -0.1) is 0 Å². The molecule has 1 aromatic carbocycles. The van der Waals surface area contributed by atoms with Crippen LogP contribution in [0.15, 0.2) is 23.2 Å². The van der Waals surface area contributed by atoms with Crippen LogP contribution in [0.5, 0.6) is 11.5 Å². The molecule has 0 aliphatic carbocycles. The summed E-state index contributed by atoms with van der Waals surface area (Å²) in [5.41, 5.74) is -0.00446. The Balaban J connectivity index is 1.60. The van der Waals surface area contributed by atoms with E-state index in [9.17, 15) is 13.6 Å². The van der Waals surface area contributed by atoms with Crippen LogP contribution in [0, 0.1) is 0 Å². The summed E-state index contributed by atoms with van der Waals surface area (Å²) in [5.74, 6) is 1.31. The van der Waals surface area contributed by atoms with Gasteiger partial charge in [0.05, 0.1) is 19.7 Å². The number of aliphatic imine (C=N–C) groups is 1. The molecule has 2 heterocycles. The zero-order valence-corrected chi connectivity index (χ0v) is 17.7. The van der Waals surface area contributed by atoms with Crippen molar-refractivity contribution in [2.75, 3.05) is 33.3 Å². The summed E-state index contributed by atoms with van der Waals surface area (Å²) in [6.45, 7) is 5.04. The van der Waals surface area contributed by atoms with Crippen LogP contribution >= 0.6 is 0 Å². The van der Waals surface area contributed by atoms with Crippen molar-refractivity contribution in [2.24, 2.45) is 4.99 Å². The number of rotatable bonds is 5. The molecule has 1 fully saturated rings. The van der Waals surface area contributed by atoms with E-state index in [-0.39, 0.29) is 24.4 Å². The minimum atomic E-state index is -2.91. The number of nitrogens with one attached hydrogen (secondary N) is 1. The molecule has 1 N–H and O–H groups in total. The lowest BCUT2D eigenvalue weighted by molar-refractivity contribution is -0.0505. The molecule has 8 nitrogen and oxygen atoms in total. The van der Waals surface area contributed by atoms with Gasteiger partial charge in [0.2, 0.25) is 0 Å². The monoisotopic (exact) mass is 426 g/mol. The first-order chi connectivity index (χ1) is 14.2. The van der Waals surface area contributed by atoms with Gasteiger partial charge >= 0.3 is 12.7 Å². The van der Waals surface area contributed by atoms with Crippen LogP contribution in [-0.4, -0.2) is 73.4 Å². The predicted octanol–water partition coefficient (Wildman–Crippen LogP) is 2.68. The minimum absolute atomic E-state index is 0.0517. The maximum atomic E-state index is 12.7. The molecular weight excluding hydrogens is 398 g/mol. The van der Waals surface area contributed by atoms with Gasteiger partial charge in [0.15, 0.2) is 5.96 Å². The van der Waals surface area contributed by atoms with Crippen LogP contribution in [-0.2, 0) is 11.3 Å². The largest absolute Gasteiger partial charge is 0.497 e. The number of carbonyl (C=O) groups excluding carboxylic acids is 1. The molecule has 1 aromatic rings. The van der Waals surface area contributed by atoms with E-state index in [1.807, 2.05) is 20.8 Å². The maximum absolute atomic E-state index is 12.7. The first-order valence-corrected chi connectivity index (χ1v) is 9.81. The Morgan fingerprint density at radius 2 is 2.10 bits per heavy atom. The highest BCUT2D eigenvalue weighted by atomic mass is 19.3. The molecule has 0 radical (unpaired) electrons. The van der Waals surface area contributed by atoms with Gasteiger partial charge < -0.3 is 29.3 Å². The molecule has 0 saturated carbocycles. The number of guanidine groups is 1. The number of fused-ring (bicyclic) bond motifs is 1. The van der Waals surface area contributed by atoms with Crippen LogP contribution in [0.4, 0.5) is 13.6 Å². The number of alkyl halides is 2. The second kappa shape index (κ2) is 8.93. The van der Waals surface area contributed by atoms with Crippen LogP contribution in [0.3, 0.4) is 0 Å². The number of hydrogen-bond acceptors (Lipinski definition) is 7. The van der Waals surface area contributed by atoms with Crippen molar-refractivity contribution in [1.82, 2.24) is 15.1 Å². The highest BCUT2D eigenvalue weighted by Crippen LogP contribution is 2.26. The third kappa shape index (κ3) is 5.43. The number of methoxy groups -OCH3 is 1.